The second-order valence-corrected chi connectivity index (χ2v) is 8.74. The van der Waals surface area contributed by atoms with Crippen molar-refractivity contribution in [2.75, 3.05) is 6.61 Å². The molecule has 7 nitrogen and oxygen atoms in total. The number of alkyl carbamates (subject to hydrolysis) is 1. The molecule has 3 atom stereocenters. The van der Waals surface area contributed by atoms with E-state index in [1.807, 2.05) is 31.2 Å². The minimum Gasteiger partial charge on any atom is -0.481 e. The Morgan fingerprint density at radius 2 is 1.52 bits per heavy atom. The fraction of sp³-hybridized carbons (Fsp3) is 0.423. The molecule has 176 valence electrons. The van der Waals surface area contributed by atoms with Gasteiger partial charge in [0.05, 0.1) is 5.92 Å². The summed E-state index contributed by atoms with van der Waals surface area (Å²) in [6, 6.07) is 15.7. The third-order valence-corrected chi connectivity index (χ3v) is 6.27. The number of nitrogens with one attached hydrogen (secondary N) is 2. The highest BCUT2D eigenvalue weighted by Gasteiger charge is 2.29. The van der Waals surface area contributed by atoms with Gasteiger partial charge in [0.25, 0.3) is 0 Å². The van der Waals surface area contributed by atoms with Crippen molar-refractivity contribution in [2.45, 2.75) is 58.0 Å². The van der Waals surface area contributed by atoms with Crippen LogP contribution in [0.5, 0.6) is 0 Å². The van der Waals surface area contributed by atoms with Crippen LogP contribution in [0.2, 0.25) is 0 Å². The second kappa shape index (κ2) is 11.0. The van der Waals surface area contributed by atoms with Gasteiger partial charge < -0.3 is 20.5 Å². The Hall–Kier alpha value is -3.35. The van der Waals surface area contributed by atoms with Crippen molar-refractivity contribution >= 4 is 18.0 Å². The molecule has 0 fully saturated rings. The molecule has 2 aromatic rings. The van der Waals surface area contributed by atoms with Crippen LogP contribution >= 0.6 is 0 Å². The van der Waals surface area contributed by atoms with E-state index in [2.05, 4.69) is 34.9 Å². The SMILES string of the molecule is CC(CCCC(=O)O)NC(=O)C(C)C(C)NC(=O)OCC1c2ccccc2-c2ccccc21. The maximum atomic E-state index is 12.5. The van der Waals surface area contributed by atoms with Crippen molar-refractivity contribution in [3.05, 3.63) is 59.7 Å². The number of benzene rings is 2. The average Bonchev–Trinajstić information content (AvgIpc) is 3.10. The van der Waals surface area contributed by atoms with E-state index in [0.717, 1.165) is 11.1 Å². The summed E-state index contributed by atoms with van der Waals surface area (Å²) < 4.78 is 5.56. The molecule has 33 heavy (non-hydrogen) atoms. The van der Waals surface area contributed by atoms with Crippen molar-refractivity contribution in [2.24, 2.45) is 5.92 Å². The van der Waals surface area contributed by atoms with Crippen LogP contribution in [-0.4, -0.2) is 41.8 Å². The van der Waals surface area contributed by atoms with Gasteiger partial charge in [-0.3, -0.25) is 9.59 Å². The molecular formula is C26H32N2O5. The lowest BCUT2D eigenvalue weighted by Gasteiger charge is -2.23. The van der Waals surface area contributed by atoms with Crippen molar-refractivity contribution in [3.63, 3.8) is 0 Å². The van der Waals surface area contributed by atoms with Crippen LogP contribution in [0.1, 0.15) is 57.1 Å². The second-order valence-electron chi connectivity index (χ2n) is 8.74. The Bertz CT molecular complexity index is 960. The number of ether oxygens (including phenoxy) is 1. The zero-order valence-electron chi connectivity index (χ0n) is 19.3. The van der Waals surface area contributed by atoms with Gasteiger partial charge in [-0.2, -0.15) is 0 Å². The lowest BCUT2D eigenvalue weighted by atomic mass is 9.98. The minimum atomic E-state index is -0.845. The Morgan fingerprint density at radius 1 is 0.939 bits per heavy atom. The van der Waals surface area contributed by atoms with Gasteiger partial charge in [-0.05, 0) is 48.9 Å². The number of fused-ring (bicyclic) bond motifs is 3. The van der Waals surface area contributed by atoms with Crippen LogP contribution in [0.4, 0.5) is 4.79 Å². The maximum absolute atomic E-state index is 12.5. The molecule has 0 radical (unpaired) electrons. The number of carboxylic acid groups (broad SMARTS) is 1. The van der Waals surface area contributed by atoms with Gasteiger partial charge in [0.2, 0.25) is 5.91 Å². The lowest BCUT2D eigenvalue weighted by molar-refractivity contribution is -0.137. The standard InChI is InChI=1S/C26H32N2O5/c1-16(9-8-14-24(29)30)27-25(31)17(2)18(3)28-26(32)33-15-23-21-12-6-4-10-19(21)20-11-5-7-13-22(20)23/h4-7,10-13,16-18,23H,8-9,14-15H2,1-3H3,(H,27,31)(H,28,32)(H,29,30). The summed E-state index contributed by atoms with van der Waals surface area (Å²) in [6.07, 6.45) is 0.603. The Kier molecular flexibility index (Phi) is 8.09. The van der Waals surface area contributed by atoms with Crippen molar-refractivity contribution < 1.29 is 24.2 Å². The molecule has 0 aliphatic heterocycles. The van der Waals surface area contributed by atoms with E-state index in [1.54, 1.807) is 13.8 Å². The number of aliphatic carboxylic acids is 1. The molecule has 0 saturated heterocycles. The quantitative estimate of drug-likeness (QED) is 0.498. The van der Waals surface area contributed by atoms with Gasteiger partial charge in [-0.1, -0.05) is 55.5 Å². The van der Waals surface area contributed by atoms with E-state index in [0.29, 0.717) is 12.8 Å². The summed E-state index contributed by atoms with van der Waals surface area (Å²) in [5.41, 5.74) is 4.62. The van der Waals surface area contributed by atoms with Gasteiger partial charge >= 0.3 is 12.1 Å². The van der Waals surface area contributed by atoms with E-state index in [1.165, 1.54) is 11.1 Å². The van der Waals surface area contributed by atoms with E-state index in [9.17, 15) is 14.4 Å². The monoisotopic (exact) mass is 452 g/mol. The van der Waals surface area contributed by atoms with Crippen molar-refractivity contribution in [3.8, 4) is 11.1 Å². The number of hydrogen-bond donors (Lipinski definition) is 3. The Balaban J connectivity index is 1.49. The van der Waals surface area contributed by atoms with Crippen LogP contribution in [0.15, 0.2) is 48.5 Å². The summed E-state index contributed by atoms with van der Waals surface area (Å²) in [5, 5.41) is 14.4. The summed E-state index contributed by atoms with van der Waals surface area (Å²) in [7, 11) is 0. The largest absolute Gasteiger partial charge is 0.481 e. The van der Waals surface area contributed by atoms with E-state index in [-0.39, 0.29) is 30.9 Å². The zero-order chi connectivity index (χ0) is 24.0. The van der Waals surface area contributed by atoms with Crippen LogP contribution in [0.3, 0.4) is 0 Å². The van der Waals surface area contributed by atoms with Crippen LogP contribution in [0.25, 0.3) is 11.1 Å². The van der Waals surface area contributed by atoms with Crippen LogP contribution in [0, 0.1) is 5.92 Å². The molecule has 0 spiro atoms. The molecule has 3 N–H and O–H groups in total. The van der Waals surface area contributed by atoms with Crippen molar-refractivity contribution in [1.82, 2.24) is 10.6 Å². The van der Waals surface area contributed by atoms with Gasteiger partial charge in [0, 0.05) is 24.4 Å². The van der Waals surface area contributed by atoms with Crippen LogP contribution < -0.4 is 10.6 Å². The first kappa shape index (κ1) is 24.3. The molecule has 2 aromatic carbocycles. The third-order valence-electron chi connectivity index (χ3n) is 6.27. The van der Waals surface area contributed by atoms with E-state index in [4.69, 9.17) is 9.84 Å². The molecule has 2 amide bonds. The number of carbonyl (C=O) groups excluding carboxylic acids is 2. The van der Waals surface area contributed by atoms with Crippen LogP contribution in [-0.2, 0) is 14.3 Å². The fourth-order valence-electron chi connectivity index (χ4n) is 4.18. The van der Waals surface area contributed by atoms with Crippen molar-refractivity contribution in [1.29, 1.82) is 0 Å². The number of amides is 2. The topological polar surface area (TPSA) is 105 Å². The maximum Gasteiger partial charge on any atom is 0.407 e. The highest BCUT2D eigenvalue weighted by molar-refractivity contribution is 5.81. The number of rotatable bonds is 10. The van der Waals surface area contributed by atoms with Gasteiger partial charge in [0.15, 0.2) is 0 Å². The normalized spacial score (nSPS) is 15.0. The Labute approximate surface area is 194 Å². The highest BCUT2D eigenvalue weighted by Crippen LogP contribution is 2.44. The average molecular weight is 453 g/mol. The van der Waals surface area contributed by atoms with Gasteiger partial charge in [0.1, 0.15) is 6.61 Å². The first-order valence-corrected chi connectivity index (χ1v) is 11.4. The molecule has 1 aliphatic carbocycles. The lowest BCUT2D eigenvalue weighted by Crippen LogP contribution is -2.46. The summed E-state index contributed by atoms with van der Waals surface area (Å²) in [4.78, 5) is 35.6. The molecule has 0 heterocycles. The van der Waals surface area contributed by atoms with E-state index >= 15 is 0 Å². The summed E-state index contributed by atoms with van der Waals surface area (Å²) in [5.74, 6) is -1.52. The van der Waals surface area contributed by atoms with Gasteiger partial charge in [-0.25, -0.2) is 4.79 Å². The van der Waals surface area contributed by atoms with E-state index < -0.39 is 24.0 Å². The molecule has 0 aromatic heterocycles. The first-order valence-electron chi connectivity index (χ1n) is 11.4. The molecule has 3 unspecified atom stereocenters. The highest BCUT2D eigenvalue weighted by atomic mass is 16.5. The molecular weight excluding hydrogens is 420 g/mol. The smallest absolute Gasteiger partial charge is 0.407 e. The summed E-state index contributed by atoms with van der Waals surface area (Å²) in [6.45, 7) is 5.57. The van der Waals surface area contributed by atoms with Gasteiger partial charge in [-0.15, -0.1) is 0 Å². The Morgan fingerprint density at radius 3 is 2.09 bits per heavy atom. The number of carboxylic acids is 1. The molecule has 3 rings (SSSR count). The number of hydrogen-bond acceptors (Lipinski definition) is 4. The predicted octanol–water partition coefficient (Wildman–Crippen LogP) is 4.31. The third kappa shape index (κ3) is 6.12. The number of carbonyl (C=O) groups is 3. The fourth-order valence-corrected chi connectivity index (χ4v) is 4.18. The predicted molar refractivity (Wildman–Crippen MR) is 126 cm³/mol. The minimum absolute atomic E-state index is 0.0224. The molecule has 7 heteroatoms. The first-order chi connectivity index (χ1) is 15.8. The molecule has 0 bridgehead atoms. The zero-order valence-corrected chi connectivity index (χ0v) is 19.3. The molecule has 0 saturated carbocycles. The summed E-state index contributed by atoms with van der Waals surface area (Å²) >= 11 is 0. The molecule has 1 aliphatic rings.